The van der Waals surface area contributed by atoms with Crippen LogP contribution >= 0.6 is 23.4 Å². The van der Waals surface area contributed by atoms with Gasteiger partial charge in [0.25, 0.3) is 0 Å². The maximum Gasteiger partial charge on any atom is 0.134 e. The van der Waals surface area contributed by atoms with Gasteiger partial charge in [0, 0.05) is 37.9 Å². The fourth-order valence-electron chi connectivity index (χ4n) is 3.39. The first-order valence-electron chi connectivity index (χ1n) is 9.95. The number of nitrogens with one attached hydrogen (secondary N) is 4. The van der Waals surface area contributed by atoms with E-state index < -0.39 is 0 Å². The summed E-state index contributed by atoms with van der Waals surface area (Å²) in [5.41, 5.74) is 4.87. The van der Waals surface area contributed by atoms with Crippen LogP contribution < -0.4 is 16.0 Å². The van der Waals surface area contributed by atoms with Gasteiger partial charge in [-0.1, -0.05) is 36.4 Å². The number of thioether (sulfide) groups is 1. The van der Waals surface area contributed by atoms with Crippen molar-refractivity contribution in [1.82, 2.24) is 20.9 Å². The van der Waals surface area contributed by atoms with Crippen LogP contribution in [0.15, 0.2) is 59.7 Å². The number of H-pyrrole nitrogens is 1. The number of halogens is 2. The van der Waals surface area contributed by atoms with E-state index in [-0.39, 0.29) is 5.82 Å². The number of rotatable bonds is 5. The first-order chi connectivity index (χ1) is 14.5. The molecule has 0 radical (unpaired) electrons. The predicted molar refractivity (Wildman–Crippen MR) is 127 cm³/mol. The molecule has 0 spiro atoms. The number of allylic oxidation sites excluding steroid dienone is 1. The number of benzene rings is 1. The van der Waals surface area contributed by atoms with E-state index in [4.69, 9.17) is 11.6 Å². The Morgan fingerprint density at radius 1 is 1.37 bits per heavy atom. The molecule has 4 rings (SSSR count). The molecule has 0 aliphatic carbocycles. The Morgan fingerprint density at radius 3 is 2.83 bits per heavy atom. The van der Waals surface area contributed by atoms with Gasteiger partial charge in [-0.25, -0.2) is 4.39 Å². The molecule has 1 atom stereocenters. The standard InChI is InChI=1S/C13H12ClFN2.C10H16N2S/c14-9-2-1-3-10(15)13(9)12-6-8-7-16-5-4-11(8)17-12;1-8(2)13-10(11-3)9-5-4-6-12-7-9/h1-3,6,16-17H,4-5,7H2;4-5,7,10-12H,1,6H2,2-3H3. The maximum absolute atomic E-state index is 13.8. The van der Waals surface area contributed by atoms with Crippen LogP contribution in [0.25, 0.3) is 11.3 Å². The van der Waals surface area contributed by atoms with Crippen LogP contribution in [0.2, 0.25) is 5.02 Å². The van der Waals surface area contributed by atoms with E-state index in [1.165, 1.54) is 22.9 Å². The second kappa shape index (κ2) is 10.9. The normalized spacial score (nSPS) is 15.9. The van der Waals surface area contributed by atoms with Crippen molar-refractivity contribution in [3.63, 3.8) is 0 Å². The van der Waals surface area contributed by atoms with Gasteiger partial charge in [-0.3, -0.25) is 0 Å². The lowest BCUT2D eigenvalue weighted by Crippen LogP contribution is -2.26. The molecule has 0 saturated carbocycles. The molecule has 7 heteroatoms. The van der Waals surface area contributed by atoms with E-state index in [0.29, 0.717) is 16.0 Å². The zero-order valence-corrected chi connectivity index (χ0v) is 18.9. The molecular weight excluding hydrogens is 419 g/mol. The Hall–Kier alpha value is -1.99. The van der Waals surface area contributed by atoms with E-state index >= 15 is 0 Å². The minimum Gasteiger partial charge on any atom is -0.387 e. The van der Waals surface area contributed by atoms with Gasteiger partial charge in [-0.15, -0.1) is 11.8 Å². The SMILES string of the molecule is C=C(C)SC(NC)C1=CNCC=C1.Fc1cccc(Cl)c1-c1cc2c([nH]1)CCNC2. The zero-order valence-electron chi connectivity index (χ0n) is 17.3. The van der Waals surface area contributed by atoms with Crippen LogP contribution in [0.5, 0.6) is 0 Å². The minimum atomic E-state index is -0.288. The summed E-state index contributed by atoms with van der Waals surface area (Å²) in [6, 6.07) is 6.73. The third-order valence-corrected chi connectivity index (χ3v) is 6.25. The van der Waals surface area contributed by atoms with Crippen LogP contribution in [0.1, 0.15) is 18.2 Å². The summed E-state index contributed by atoms with van der Waals surface area (Å²) in [7, 11) is 1.96. The van der Waals surface area contributed by atoms with Crippen LogP contribution in [0.4, 0.5) is 4.39 Å². The largest absolute Gasteiger partial charge is 0.387 e. The molecular formula is C23H28ClFN4S. The Morgan fingerprint density at radius 2 is 2.20 bits per heavy atom. The number of dihydropyridines is 1. The molecule has 0 amide bonds. The number of aromatic nitrogens is 1. The van der Waals surface area contributed by atoms with Gasteiger partial charge in [0.1, 0.15) is 5.82 Å². The van der Waals surface area contributed by atoms with Crippen molar-refractivity contribution in [2.75, 3.05) is 20.1 Å². The Labute approximate surface area is 187 Å². The number of hydrogen-bond acceptors (Lipinski definition) is 4. The first-order valence-corrected chi connectivity index (χ1v) is 11.2. The van der Waals surface area contributed by atoms with Crippen molar-refractivity contribution in [2.45, 2.75) is 25.3 Å². The Bertz CT molecular complexity index is 907. The molecule has 3 heterocycles. The zero-order chi connectivity index (χ0) is 21.5. The van der Waals surface area contributed by atoms with Gasteiger partial charge in [0.2, 0.25) is 0 Å². The Balaban J connectivity index is 0.000000178. The highest BCUT2D eigenvalue weighted by Crippen LogP contribution is 2.32. The predicted octanol–water partition coefficient (Wildman–Crippen LogP) is 4.96. The van der Waals surface area contributed by atoms with Crippen molar-refractivity contribution in [3.8, 4) is 11.3 Å². The van der Waals surface area contributed by atoms with Crippen molar-refractivity contribution in [3.05, 3.63) is 81.8 Å². The molecule has 0 fully saturated rings. The summed E-state index contributed by atoms with van der Waals surface area (Å²) >= 11 is 7.79. The van der Waals surface area contributed by atoms with E-state index in [2.05, 4.69) is 45.9 Å². The van der Waals surface area contributed by atoms with Crippen molar-refractivity contribution in [2.24, 2.45) is 0 Å². The molecule has 2 aromatic rings. The molecule has 0 bridgehead atoms. The van der Waals surface area contributed by atoms with Crippen molar-refractivity contribution < 1.29 is 4.39 Å². The molecule has 2 aliphatic rings. The molecule has 30 heavy (non-hydrogen) atoms. The maximum atomic E-state index is 13.8. The summed E-state index contributed by atoms with van der Waals surface area (Å²) in [5.74, 6) is -0.288. The van der Waals surface area contributed by atoms with Crippen LogP contribution in [-0.2, 0) is 13.0 Å². The van der Waals surface area contributed by atoms with E-state index in [1.807, 2.05) is 20.0 Å². The first kappa shape index (κ1) is 22.7. The van der Waals surface area contributed by atoms with E-state index in [1.54, 1.807) is 23.9 Å². The highest BCUT2D eigenvalue weighted by Gasteiger charge is 2.17. The number of likely N-dealkylation sites (N-methyl/N-ethyl adjacent to an activating group) is 1. The lowest BCUT2D eigenvalue weighted by Gasteiger charge is -2.19. The smallest absolute Gasteiger partial charge is 0.134 e. The summed E-state index contributed by atoms with van der Waals surface area (Å²) in [6.07, 6.45) is 7.27. The fourth-order valence-corrected chi connectivity index (χ4v) is 4.46. The molecule has 160 valence electrons. The summed E-state index contributed by atoms with van der Waals surface area (Å²) in [4.78, 5) is 4.39. The molecule has 1 aromatic heterocycles. The fraction of sp³-hybridized carbons (Fsp3) is 0.304. The number of hydrogen-bond donors (Lipinski definition) is 4. The van der Waals surface area contributed by atoms with Crippen LogP contribution in [0, 0.1) is 5.82 Å². The van der Waals surface area contributed by atoms with Crippen LogP contribution in [0.3, 0.4) is 0 Å². The monoisotopic (exact) mass is 446 g/mol. The van der Waals surface area contributed by atoms with Gasteiger partial charge in [0.05, 0.1) is 21.7 Å². The molecule has 0 saturated heterocycles. The lowest BCUT2D eigenvalue weighted by atomic mass is 10.1. The molecule has 4 N–H and O–H groups in total. The summed E-state index contributed by atoms with van der Waals surface area (Å²) < 4.78 is 13.8. The summed E-state index contributed by atoms with van der Waals surface area (Å²) in [5, 5.41) is 10.5. The van der Waals surface area contributed by atoms with Gasteiger partial charge < -0.3 is 20.9 Å². The highest BCUT2D eigenvalue weighted by atomic mass is 35.5. The van der Waals surface area contributed by atoms with Gasteiger partial charge in [-0.2, -0.15) is 0 Å². The van der Waals surface area contributed by atoms with Crippen molar-refractivity contribution >= 4 is 23.4 Å². The molecule has 4 nitrogen and oxygen atoms in total. The average Bonchev–Trinajstić information content (AvgIpc) is 3.16. The topological polar surface area (TPSA) is 51.9 Å². The highest BCUT2D eigenvalue weighted by molar-refractivity contribution is 8.03. The third kappa shape index (κ3) is 5.79. The van der Waals surface area contributed by atoms with Crippen molar-refractivity contribution in [1.29, 1.82) is 0 Å². The Kier molecular flexibility index (Phi) is 8.22. The number of aromatic amines is 1. The second-order valence-corrected chi connectivity index (χ2v) is 8.97. The van der Waals surface area contributed by atoms with Gasteiger partial charge in [0.15, 0.2) is 0 Å². The molecule has 1 aromatic carbocycles. The lowest BCUT2D eigenvalue weighted by molar-refractivity contribution is 0.630. The quantitative estimate of drug-likeness (QED) is 0.490. The minimum absolute atomic E-state index is 0.288. The number of fused-ring (bicyclic) bond motifs is 1. The van der Waals surface area contributed by atoms with Gasteiger partial charge in [-0.05, 0) is 48.2 Å². The molecule has 1 unspecified atom stereocenters. The third-order valence-electron chi connectivity index (χ3n) is 4.79. The second-order valence-electron chi connectivity index (χ2n) is 7.15. The van der Waals surface area contributed by atoms with E-state index in [0.717, 1.165) is 36.7 Å². The average molecular weight is 447 g/mol. The van der Waals surface area contributed by atoms with Crippen LogP contribution in [-0.4, -0.2) is 30.5 Å². The summed E-state index contributed by atoms with van der Waals surface area (Å²) in [6.45, 7) is 8.63. The molecule has 2 aliphatic heterocycles. The van der Waals surface area contributed by atoms with E-state index in [9.17, 15) is 4.39 Å². The van der Waals surface area contributed by atoms with Gasteiger partial charge >= 0.3 is 0 Å².